The topological polar surface area (TPSA) is 132 Å². The number of hydrogen-bond acceptors (Lipinski definition) is 4. The summed E-state index contributed by atoms with van der Waals surface area (Å²) >= 11 is 0. The summed E-state index contributed by atoms with van der Waals surface area (Å²) in [7, 11) is 0. The minimum absolute atomic E-state index is 0.457. The molecular formula is C5H10N4O3. The van der Waals surface area contributed by atoms with Crippen LogP contribution in [0.25, 0.3) is 10.4 Å². The highest BCUT2D eigenvalue weighted by atomic mass is 16.4. The monoisotopic (exact) mass is 174 g/mol. The number of nitrogens with two attached hydrogens (primary N) is 1. The van der Waals surface area contributed by atoms with Crippen molar-refractivity contribution >= 4 is 5.97 Å². The number of hydrogen-bond donors (Lipinski definition) is 3. The maximum atomic E-state index is 10.5. The van der Waals surface area contributed by atoms with Crippen molar-refractivity contribution in [3.8, 4) is 0 Å². The van der Waals surface area contributed by atoms with E-state index in [0.29, 0.717) is 0 Å². The van der Waals surface area contributed by atoms with E-state index in [-0.39, 0.29) is 0 Å². The van der Waals surface area contributed by atoms with Crippen LogP contribution >= 0.6 is 0 Å². The Morgan fingerprint density at radius 1 is 1.92 bits per heavy atom. The van der Waals surface area contributed by atoms with Gasteiger partial charge in [0.05, 0.1) is 0 Å². The largest absolute Gasteiger partial charge is 0.480 e. The molecule has 0 spiro atoms. The Morgan fingerprint density at radius 2 is 2.42 bits per heavy atom. The molecule has 0 radical (unpaired) electrons. The van der Waals surface area contributed by atoms with Crippen molar-refractivity contribution in [3.63, 3.8) is 0 Å². The van der Waals surface area contributed by atoms with Crippen molar-refractivity contribution in [3.05, 3.63) is 10.4 Å². The molecule has 0 aliphatic rings. The normalized spacial score (nSPS) is 17.2. The molecule has 0 aromatic heterocycles. The van der Waals surface area contributed by atoms with E-state index in [9.17, 15) is 4.79 Å². The SMILES string of the molecule is CC(CO)[C@@](N)(N=[N+]=[N-])C(=O)O. The highest BCUT2D eigenvalue weighted by Gasteiger charge is 2.38. The van der Waals surface area contributed by atoms with Gasteiger partial charge in [0.15, 0.2) is 5.66 Å². The zero-order valence-electron chi connectivity index (χ0n) is 6.51. The average Bonchev–Trinajstić information content (AvgIpc) is 2.03. The fraction of sp³-hybridized carbons (Fsp3) is 0.800. The van der Waals surface area contributed by atoms with E-state index in [4.69, 9.17) is 21.5 Å². The Kier molecular flexibility index (Phi) is 3.49. The molecule has 7 nitrogen and oxygen atoms in total. The number of nitrogens with zero attached hydrogens (tertiary/aromatic N) is 3. The number of carboxylic acid groups (broad SMARTS) is 1. The lowest BCUT2D eigenvalue weighted by molar-refractivity contribution is -0.145. The number of azide groups is 1. The zero-order valence-corrected chi connectivity index (χ0v) is 6.51. The Labute approximate surface area is 68.4 Å². The van der Waals surface area contributed by atoms with Gasteiger partial charge in [0.1, 0.15) is 0 Å². The van der Waals surface area contributed by atoms with Crippen molar-refractivity contribution in [1.29, 1.82) is 0 Å². The second kappa shape index (κ2) is 3.91. The first-order chi connectivity index (χ1) is 5.49. The van der Waals surface area contributed by atoms with Crippen LogP contribution in [-0.4, -0.2) is 28.5 Å². The number of aliphatic carboxylic acids is 1. The summed E-state index contributed by atoms with van der Waals surface area (Å²) in [5.74, 6) is -2.28. The van der Waals surface area contributed by atoms with Gasteiger partial charge in [-0.3, -0.25) is 4.79 Å². The lowest BCUT2D eigenvalue weighted by Crippen LogP contribution is -2.52. The van der Waals surface area contributed by atoms with Gasteiger partial charge in [-0.05, 0) is 5.53 Å². The van der Waals surface area contributed by atoms with Crippen LogP contribution in [-0.2, 0) is 4.79 Å². The molecule has 0 fully saturated rings. The third-order valence-corrected chi connectivity index (χ3v) is 1.58. The zero-order chi connectivity index (χ0) is 9.78. The first-order valence-electron chi connectivity index (χ1n) is 3.18. The molecule has 0 saturated heterocycles. The second-order valence-corrected chi connectivity index (χ2v) is 2.40. The fourth-order valence-corrected chi connectivity index (χ4v) is 0.565. The Bertz CT molecular complexity index is 221. The minimum atomic E-state index is -2.07. The molecule has 2 atom stereocenters. The van der Waals surface area contributed by atoms with Gasteiger partial charge in [-0.15, -0.1) is 0 Å². The van der Waals surface area contributed by atoms with Crippen molar-refractivity contribution in [2.24, 2.45) is 16.8 Å². The van der Waals surface area contributed by atoms with E-state index >= 15 is 0 Å². The first kappa shape index (κ1) is 10.7. The predicted molar refractivity (Wildman–Crippen MR) is 39.9 cm³/mol. The van der Waals surface area contributed by atoms with Crippen LogP contribution in [0.3, 0.4) is 0 Å². The Hall–Kier alpha value is -1.30. The van der Waals surface area contributed by atoms with Crippen LogP contribution in [0.5, 0.6) is 0 Å². The summed E-state index contributed by atoms with van der Waals surface area (Å²) in [6.07, 6.45) is 0. The number of rotatable bonds is 4. The van der Waals surface area contributed by atoms with Crippen molar-refractivity contribution in [1.82, 2.24) is 0 Å². The van der Waals surface area contributed by atoms with Gasteiger partial charge >= 0.3 is 5.97 Å². The van der Waals surface area contributed by atoms with Gasteiger partial charge in [-0.1, -0.05) is 12.0 Å². The van der Waals surface area contributed by atoms with Gasteiger partial charge < -0.3 is 15.9 Å². The molecule has 7 heteroatoms. The number of carbonyl (C=O) groups is 1. The van der Waals surface area contributed by atoms with E-state index < -0.39 is 24.2 Å². The van der Waals surface area contributed by atoms with Gasteiger partial charge in [-0.25, -0.2) is 0 Å². The maximum absolute atomic E-state index is 10.5. The number of aliphatic hydroxyl groups excluding tert-OH is 1. The average molecular weight is 174 g/mol. The lowest BCUT2D eigenvalue weighted by atomic mass is 9.97. The molecule has 68 valence electrons. The highest BCUT2D eigenvalue weighted by molar-refractivity contribution is 5.78. The molecule has 0 aliphatic carbocycles. The molecule has 12 heavy (non-hydrogen) atoms. The van der Waals surface area contributed by atoms with Gasteiger partial charge in [-0.2, -0.15) is 0 Å². The standard InChI is InChI=1S/C5H10N4O3/c1-3(2-10)5(6,4(11)12)8-9-7/h3,10H,2,6H2,1H3,(H,11,12)/t3?,5-/m1/s1. The molecule has 1 unspecified atom stereocenters. The molecule has 0 aromatic carbocycles. The fourth-order valence-electron chi connectivity index (χ4n) is 0.565. The van der Waals surface area contributed by atoms with Crippen molar-refractivity contribution in [2.45, 2.75) is 12.6 Å². The molecule has 0 aromatic rings. The third kappa shape index (κ3) is 1.85. The van der Waals surface area contributed by atoms with E-state index in [1.165, 1.54) is 6.92 Å². The molecule has 0 aliphatic heterocycles. The summed E-state index contributed by atoms with van der Waals surface area (Å²) in [6, 6.07) is 0. The summed E-state index contributed by atoms with van der Waals surface area (Å²) in [5, 5.41) is 20.1. The summed E-state index contributed by atoms with van der Waals surface area (Å²) in [4.78, 5) is 12.8. The predicted octanol–water partition coefficient (Wildman–Crippen LogP) is -0.335. The summed E-state index contributed by atoms with van der Waals surface area (Å²) in [5.41, 5.74) is 11.2. The van der Waals surface area contributed by atoms with Gasteiger partial charge in [0.25, 0.3) is 0 Å². The maximum Gasteiger partial charge on any atom is 0.330 e. The third-order valence-electron chi connectivity index (χ3n) is 1.58. The molecule has 0 heterocycles. The van der Waals surface area contributed by atoms with E-state index in [1.807, 2.05) is 0 Å². The van der Waals surface area contributed by atoms with E-state index in [1.54, 1.807) is 0 Å². The quantitative estimate of drug-likeness (QED) is 0.305. The van der Waals surface area contributed by atoms with Crippen molar-refractivity contribution < 1.29 is 15.0 Å². The van der Waals surface area contributed by atoms with Crippen molar-refractivity contribution in [2.75, 3.05) is 6.61 Å². The van der Waals surface area contributed by atoms with Crippen LogP contribution in [0.4, 0.5) is 0 Å². The number of aliphatic hydroxyl groups is 1. The smallest absolute Gasteiger partial charge is 0.330 e. The summed E-state index contributed by atoms with van der Waals surface area (Å²) in [6.45, 7) is 0.921. The van der Waals surface area contributed by atoms with E-state index in [2.05, 4.69) is 10.0 Å². The first-order valence-corrected chi connectivity index (χ1v) is 3.18. The van der Waals surface area contributed by atoms with Crippen LogP contribution in [0.1, 0.15) is 6.92 Å². The van der Waals surface area contributed by atoms with Crippen LogP contribution in [0.2, 0.25) is 0 Å². The molecule has 4 N–H and O–H groups in total. The highest BCUT2D eigenvalue weighted by Crippen LogP contribution is 2.16. The number of carboxylic acids is 1. The Morgan fingerprint density at radius 3 is 2.67 bits per heavy atom. The van der Waals surface area contributed by atoms with Crippen LogP contribution in [0, 0.1) is 5.92 Å². The molecular weight excluding hydrogens is 164 g/mol. The van der Waals surface area contributed by atoms with Crippen LogP contribution < -0.4 is 5.73 Å². The van der Waals surface area contributed by atoms with Crippen LogP contribution in [0.15, 0.2) is 5.11 Å². The molecule has 0 rings (SSSR count). The molecule has 0 amide bonds. The Balaban J connectivity index is 4.85. The molecule has 0 saturated carbocycles. The lowest BCUT2D eigenvalue weighted by Gasteiger charge is -2.23. The van der Waals surface area contributed by atoms with Gasteiger partial charge in [0, 0.05) is 17.4 Å². The second-order valence-electron chi connectivity index (χ2n) is 2.40. The van der Waals surface area contributed by atoms with Gasteiger partial charge in [0.2, 0.25) is 0 Å². The molecule has 0 bridgehead atoms. The minimum Gasteiger partial charge on any atom is -0.480 e. The summed E-state index contributed by atoms with van der Waals surface area (Å²) < 4.78 is 0. The van der Waals surface area contributed by atoms with E-state index in [0.717, 1.165) is 0 Å².